The minimum atomic E-state index is -0.948. The van der Waals surface area contributed by atoms with E-state index >= 15 is 0 Å². The number of aromatic carboxylic acids is 1. The molecule has 66 valence electrons. The number of carbonyl (C=O) groups is 1. The quantitative estimate of drug-likeness (QED) is 0.773. The molecule has 3 nitrogen and oxygen atoms in total. The highest BCUT2D eigenvalue weighted by atomic mass is 35.5. The number of rotatable bonds is 2. The molecule has 0 atom stereocenters. The highest BCUT2D eigenvalue weighted by Gasteiger charge is 2.10. The van der Waals surface area contributed by atoms with Crippen molar-refractivity contribution < 1.29 is 9.90 Å². The Kier molecular flexibility index (Phi) is 2.43. The van der Waals surface area contributed by atoms with E-state index in [9.17, 15) is 4.79 Å². The first-order valence-electron chi connectivity index (χ1n) is 3.63. The minimum Gasteiger partial charge on any atom is -0.478 e. The van der Waals surface area contributed by atoms with Crippen molar-refractivity contribution in [3.05, 3.63) is 23.0 Å². The SMILES string of the molecule is CC(C)n1cc(C(=O)O)cc1Cl. The average molecular weight is 188 g/mol. The summed E-state index contributed by atoms with van der Waals surface area (Å²) in [4.78, 5) is 10.5. The fraction of sp³-hybridized carbons (Fsp3) is 0.375. The summed E-state index contributed by atoms with van der Waals surface area (Å²) in [5.41, 5.74) is 0.230. The lowest BCUT2D eigenvalue weighted by atomic mass is 10.3. The second-order valence-electron chi connectivity index (χ2n) is 2.86. The molecule has 0 unspecified atom stereocenters. The molecule has 0 bridgehead atoms. The molecule has 4 heteroatoms. The first kappa shape index (κ1) is 9.13. The lowest BCUT2D eigenvalue weighted by Crippen LogP contribution is -1.99. The monoisotopic (exact) mass is 187 g/mol. The van der Waals surface area contributed by atoms with Crippen LogP contribution < -0.4 is 0 Å². The predicted molar refractivity (Wildman–Crippen MR) is 46.8 cm³/mol. The molecular formula is C8H10ClNO2. The third kappa shape index (κ3) is 1.61. The number of carboxylic acids is 1. The summed E-state index contributed by atoms with van der Waals surface area (Å²) >= 11 is 5.78. The maximum Gasteiger partial charge on any atom is 0.337 e. The average Bonchev–Trinajstić information content (AvgIpc) is 2.30. The van der Waals surface area contributed by atoms with Crippen LogP contribution in [-0.2, 0) is 0 Å². The van der Waals surface area contributed by atoms with Crippen LogP contribution in [0.4, 0.5) is 0 Å². The van der Waals surface area contributed by atoms with Crippen LogP contribution in [0.5, 0.6) is 0 Å². The minimum absolute atomic E-state index is 0.186. The number of aromatic nitrogens is 1. The van der Waals surface area contributed by atoms with Gasteiger partial charge in [0.1, 0.15) is 5.15 Å². The molecule has 0 spiro atoms. The van der Waals surface area contributed by atoms with Crippen molar-refractivity contribution in [2.45, 2.75) is 19.9 Å². The third-order valence-corrected chi connectivity index (χ3v) is 1.91. The van der Waals surface area contributed by atoms with E-state index in [2.05, 4.69) is 0 Å². The fourth-order valence-corrected chi connectivity index (χ4v) is 1.33. The van der Waals surface area contributed by atoms with Gasteiger partial charge in [0.05, 0.1) is 5.56 Å². The highest BCUT2D eigenvalue weighted by molar-refractivity contribution is 6.30. The van der Waals surface area contributed by atoms with E-state index in [1.165, 1.54) is 12.3 Å². The van der Waals surface area contributed by atoms with E-state index < -0.39 is 5.97 Å². The summed E-state index contributed by atoms with van der Waals surface area (Å²) in [6.45, 7) is 3.88. The van der Waals surface area contributed by atoms with Gasteiger partial charge in [0, 0.05) is 12.2 Å². The van der Waals surface area contributed by atoms with E-state index in [0.29, 0.717) is 5.15 Å². The van der Waals surface area contributed by atoms with Gasteiger partial charge in [-0.2, -0.15) is 0 Å². The van der Waals surface area contributed by atoms with E-state index in [0.717, 1.165) is 0 Å². The molecule has 1 heterocycles. The molecule has 0 amide bonds. The lowest BCUT2D eigenvalue weighted by molar-refractivity contribution is 0.0697. The van der Waals surface area contributed by atoms with Crippen LogP contribution in [0.3, 0.4) is 0 Å². The third-order valence-electron chi connectivity index (χ3n) is 1.60. The first-order chi connectivity index (χ1) is 5.52. The molecule has 12 heavy (non-hydrogen) atoms. The maximum atomic E-state index is 10.5. The number of nitrogens with zero attached hydrogens (tertiary/aromatic N) is 1. The number of halogens is 1. The summed E-state index contributed by atoms with van der Waals surface area (Å²) in [5, 5.41) is 9.09. The van der Waals surface area contributed by atoms with Crippen molar-refractivity contribution in [2.24, 2.45) is 0 Å². The molecule has 0 radical (unpaired) electrons. The van der Waals surface area contributed by atoms with Gasteiger partial charge in [-0.3, -0.25) is 0 Å². The summed E-state index contributed by atoms with van der Waals surface area (Å²) < 4.78 is 1.71. The van der Waals surface area contributed by atoms with Gasteiger partial charge < -0.3 is 9.67 Å². The van der Waals surface area contributed by atoms with Crippen molar-refractivity contribution in [1.29, 1.82) is 0 Å². The molecule has 1 N–H and O–H groups in total. The van der Waals surface area contributed by atoms with Crippen molar-refractivity contribution in [3.8, 4) is 0 Å². The van der Waals surface area contributed by atoms with Crippen molar-refractivity contribution in [3.63, 3.8) is 0 Å². The van der Waals surface area contributed by atoms with Gasteiger partial charge in [0.25, 0.3) is 0 Å². The molecule has 0 aromatic carbocycles. The van der Waals surface area contributed by atoms with Gasteiger partial charge in [-0.15, -0.1) is 0 Å². The summed E-state index contributed by atoms with van der Waals surface area (Å²) in [5.74, 6) is -0.948. The van der Waals surface area contributed by atoms with Crippen LogP contribution in [0, 0.1) is 0 Å². The lowest BCUT2D eigenvalue weighted by Gasteiger charge is -2.07. The van der Waals surface area contributed by atoms with Crippen LogP contribution in [0.25, 0.3) is 0 Å². The number of hydrogen-bond acceptors (Lipinski definition) is 1. The zero-order valence-corrected chi connectivity index (χ0v) is 7.67. The van der Waals surface area contributed by atoms with Crippen LogP contribution in [0.2, 0.25) is 5.15 Å². The van der Waals surface area contributed by atoms with E-state index in [-0.39, 0.29) is 11.6 Å². The summed E-state index contributed by atoms with van der Waals surface area (Å²) in [7, 11) is 0. The largest absolute Gasteiger partial charge is 0.478 e. The molecular weight excluding hydrogens is 178 g/mol. The van der Waals surface area contributed by atoms with Crippen LogP contribution in [0.15, 0.2) is 12.3 Å². The van der Waals surface area contributed by atoms with Gasteiger partial charge in [-0.1, -0.05) is 11.6 Å². The van der Waals surface area contributed by atoms with Gasteiger partial charge in [-0.25, -0.2) is 4.79 Å². The Bertz CT molecular complexity index is 304. The molecule has 0 aliphatic carbocycles. The standard InChI is InChI=1S/C8H10ClNO2/c1-5(2)10-4-6(8(11)12)3-7(10)9/h3-5H,1-2H3,(H,11,12). The molecule has 1 aromatic heterocycles. The van der Waals surface area contributed by atoms with Crippen LogP contribution >= 0.6 is 11.6 Å². The van der Waals surface area contributed by atoms with Crippen molar-refractivity contribution >= 4 is 17.6 Å². The molecule has 1 rings (SSSR count). The Morgan fingerprint density at radius 1 is 1.67 bits per heavy atom. The van der Waals surface area contributed by atoms with Crippen molar-refractivity contribution in [2.75, 3.05) is 0 Å². The Balaban J connectivity index is 3.09. The van der Waals surface area contributed by atoms with E-state index in [1.807, 2.05) is 13.8 Å². The summed E-state index contributed by atoms with van der Waals surface area (Å²) in [6, 6.07) is 1.63. The molecule has 0 saturated heterocycles. The zero-order chi connectivity index (χ0) is 9.30. The molecule has 0 aliphatic heterocycles. The van der Waals surface area contributed by atoms with Gasteiger partial charge in [0.2, 0.25) is 0 Å². The van der Waals surface area contributed by atoms with Gasteiger partial charge in [-0.05, 0) is 19.9 Å². The zero-order valence-electron chi connectivity index (χ0n) is 6.91. The summed E-state index contributed by atoms with van der Waals surface area (Å²) in [6.07, 6.45) is 1.54. The second-order valence-corrected chi connectivity index (χ2v) is 3.24. The Hall–Kier alpha value is -0.960. The van der Waals surface area contributed by atoms with E-state index in [4.69, 9.17) is 16.7 Å². The fourth-order valence-electron chi connectivity index (χ4n) is 0.964. The Morgan fingerprint density at radius 3 is 2.50 bits per heavy atom. The molecule has 1 aromatic rings. The molecule has 0 aliphatic rings. The Labute approximate surface area is 75.6 Å². The number of carboxylic acid groups (broad SMARTS) is 1. The maximum absolute atomic E-state index is 10.5. The van der Waals surface area contributed by atoms with E-state index in [1.54, 1.807) is 4.57 Å². The Morgan fingerprint density at radius 2 is 2.25 bits per heavy atom. The van der Waals surface area contributed by atoms with Gasteiger partial charge in [0.15, 0.2) is 0 Å². The highest BCUT2D eigenvalue weighted by Crippen LogP contribution is 2.19. The molecule has 0 fully saturated rings. The second kappa shape index (κ2) is 3.19. The molecule has 0 saturated carbocycles. The first-order valence-corrected chi connectivity index (χ1v) is 4.01. The van der Waals surface area contributed by atoms with Crippen LogP contribution in [0.1, 0.15) is 30.2 Å². The number of hydrogen-bond donors (Lipinski definition) is 1. The van der Waals surface area contributed by atoms with Crippen molar-refractivity contribution in [1.82, 2.24) is 4.57 Å². The van der Waals surface area contributed by atoms with Gasteiger partial charge >= 0.3 is 5.97 Å². The predicted octanol–water partition coefficient (Wildman–Crippen LogP) is 2.42. The topological polar surface area (TPSA) is 42.2 Å². The van der Waals surface area contributed by atoms with Crippen LogP contribution in [-0.4, -0.2) is 15.6 Å². The smallest absolute Gasteiger partial charge is 0.337 e. The normalized spacial score (nSPS) is 10.7.